The van der Waals surface area contributed by atoms with E-state index in [2.05, 4.69) is 6.07 Å². The molecule has 0 N–H and O–H groups in total. The monoisotopic (exact) mass is 473 g/mol. The van der Waals surface area contributed by atoms with Crippen molar-refractivity contribution in [3.63, 3.8) is 0 Å². The van der Waals surface area contributed by atoms with Gasteiger partial charge in [-0.3, -0.25) is 0 Å². The predicted molar refractivity (Wildman–Crippen MR) is 123 cm³/mol. The molecule has 7 nitrogen and oxygen atoms in total. The minimum Gasteiger partial charge on any atom is -0.345 e. The molecule has 1 aliphatic carbocycles. The number of benzene rings is 2. The van der Waals surface area contributed by atoms with E-state index >= 15 is 0 Å². The number of hydrogen-bond acceptors (Lipinski definition) is 7. The number of nitriles is 1. The first kappa shape index (κ1) is 25.3. The fourth-order valence-corrected chi connectivity index (χ4v) is 7.16. The van der Waals surface area contributed by atoms with Gasteiger partial charge in [-0.1, -0.05) is 48.5 Å². The Morgan fingerprint density at radius 2 is 1.24 bits per heavy atom. The first-order valence-electron chi connectivity index (χ1n) is 11.2. The molecule has 2 aromatic carbocycles. The molecular weight excluding hydrogens is 442 g/mol. The Hall–Kier alpha value is -2.28. The maximum Gasteiger partial charge on any atom is 0.259 e. The molecule has 0 saturated heterocycles. The predicted octanol–water partition coefficient (Wildman–Crippen LogP) is 4.06. The molecule has 1 fully saturated rings. The van der Waals surface area contributed by atoms with Gasteiger partial charge in [0.25, 0.3) is 5.79 Å². The summed E-state index contributed by atoms with van der Waals surface area (Å²) >= 11 is 0. The summed E-state index contributed by atoms with van der Waals surface area (Å²) in [5.41, 5.74) is 0.579. The number of sulfone groups is 1. The fourth-order valence-electron chi connectivity index (χ4n) is 4.94. The third-order valence-corrected chi connectivity index (χ3v) is 8.26. The quantitative estimate of drug-likeness (QED) is 0.454. The Labute approximate surface area is 196 Å². The third-order valence-electron chi connectivity index (χ3n) is 5.92. The van der Waals surface area contributed by atoms with E-state index < -0.39 is 32.1 Å². The highest BCUT2D eigenvalue weighted by Crippen LogP contribution is 2.68. The summed E-state index contributed by atoms with van der Waals surface area (Å²) < 4.78 is 51.1. The molecule has 178 valence electrons. The molecule has 0 aromatic heterocycles. The fraction of sp³-hybridized carbons (Fsp3) is 0.480. The summed E-state index contributed by atoms with van der Waals surface area (Å²) in [4.78, 5) is -0.00198. The van der Waals surface area contributed by atoms with Crippen LogP contribution in [0.1, 0.15) is 39.2 Å². The average molecular weight is 474 g/mol. The van der Waals surface area contributed by atoms with Crippen LogP contribution in [0.3, 0.4) is 0 Å². The van der Waals surface area contributed by atoms with E-state index in [0.717, 1.165) is 0 Å². The minimum atomic E-state index is -4.34. The van der Waals surface area contributed by atoms with Crippen LogP contribution in [0.2, 0.25) is 0 Å². The van der Waals surface area contributed by atoms with E-state index in [1.165, 1.54) is 12.1 Å². The number of ether oxygens (including phenoxy) is 4. The number of hydrogen-bond donors (Lipinski definition) is 0. The van der Waals surface area contributed by atoms with Gasteiger partial charge in [-0.25, -0.2) is 8.42 Å². The largest absolute Gasteiger partial charge is 0.345 e. The Morgan fingerprint density at radius 3 is 1.67 bits per heavy atom. The normalized spacial score (nSPS) is 23.4. The van der Waals surface area contributed by atoms with Crippen molar-refractivity contribution >= 4 is 9.84 Å². The van der Waals surface area contributed by atoms with Crippen LogP contribution in [0.25, 0.3) is 0 Å². The summed E-state index contributed by atoms with van der Waals surface area (Å²) in [6.45, 7) is 7.55. The van der Waals surface area contributed by atoms with Crippen molar-refractivity contribution in [3.05, 3.63) is 66.2 Å². The number of nitrogens with zero attached hydrogens (tertiary/aromatic N) is 1. The Balaban J connectivity index is 2.46. The molecule has 0 spiro atoms. The van der Waals surface area contributed by atoms with Crippen LogP contribution in [0.4, 0.5) is 0 Å². The summed E-state index contributed by atoms with van der Waals surface area (Å²) in [6.07, 6.45) is 0. The van der Waals surface area contributed by atoms with Crippen LogP contribution in [0.5, 0.6) is 0 Å². The van der Waals surface area contributed by atoms with Gasteiger partial charge in [-0.2, -0.15) is 5.26 Å². The highest BCUT2D eigenvalue weighted by Gasteiger charge is 2.91. The van der Waals surface area contributed by atoms with Crippen LogP contribution in [-0.2, 0) is 28.8 Å². The van der Waals surface area contributed by atoms with Gasteiger partial charge in [-0.15, -0.1) is 0 Å². The zero-order chi connectivity index (χ0) is 24.2. The smallest absolute Gasteiger partial charge is 0.259 e. The second-order valence-corrected chi connectivity index (χ2v) is 9.65. The van der Waals surface area contributed by atoms with Gasteiger partial charge in [-0.05, 0) is 45.4 Å². The first-order chi connectivity index (χ1) is 15.9. The van der Waals surface area contributed by atoms with Crippen LogP contribution in [0.15, 0.2) is 65.6 Å². The van der Waals surface area contributed by atoms with Gasteiger partial charge in [0.05, 0.1) is 16.9 Å². The van der Waals surface area contributed by atoms with Crippen molar-refractivity contribution in [2.75, 3.05) is 26.4 Å². The van der Waals surface area contributed by atoms with Crippen molar-refractivity contribution in [2.45, 2.75) is 54.8 Å². The second kappa shape index (κ2) is 9.92. The molecular formula is C25H31NO6S. The lowest BCUT2D eigenvalue weighted by atomic mass is 9.58. The molecule has 2 atom stereocenters. The van der Waals surface area contributed by atoms with Crippen molar-refractivity contribution in [2.24, 2.45) is 0 Å². The van der Waals surface area contributed by atoms with Crippen LogP contribution in [-0.4, -0.2) is 51.2 Å². The molecule has 1 aliphatic rings. The van der Waals surface area contributed by atoms with Gasteiger partial charge in [0.2, 0.25) is 20.4 Å². The molecule has 3 rings (SSSR count). The maximum atomic E-state index is 14.3. The van der Waals surface area contributed by atoms with E-state index in [4.69, 9.17) is 18.9 Å². The zero-order valence-electron chi connectivity index (χ0n) is 19.5. The highest BCUT2D eigenvalue weighted by molar-refractivity contribution is 7.93. The van der Waals surface area contributed by atoms with E-state index in [1.54, 1.807) is 70.2 Å². The Bertz CT molecular complexity index is 1060. The molecule has 0 aliphatic heterocycles. The standard InChI is InChI=1S/C25H31NO6S/c1-5-29-24(30-6-2)22(20-15-11-9-12-16-20)23(19-26,25(24,31-7-3)32-8-4)33(27,28)21-17-13-10-14-18-21/h9-18,22H,5-8H2,1-4H3/t22-,23+/m1/s1. The number of rotatable bonds is 11. The highest BCUT2D eigenvalue weighted by atomic mass is 32.2. The van der Waals surface area contributed by atoms with E-state index in [0.29, 0.717) is 5.56 Å². The average Bonchev–Trinajstić information content (AvgIpc) is 2.83. The topological polar surface area (TPSA) is 94.9 Å². The Morgan fingerprint density at radius 1 is 0.788 bits per heavy atom. The SMILES string of the molecule is CCOC1(OCC)[C@H](c2ccccc2)[C@](C#N)(S(=O)(=O)c2ccccc2)C1(OCC)OCC. The lowest BCUT2D eigenvalue weighted by molar-refractivity contribution is -0.472. The molecule has 33 heavy (non-hydrogen) atoms. The van der Waals surface area contributed by atoms with Crippen molar-refractivity contribution in [1.82, 2.24) is 0 Å². The molecule has 0 bridgehead atoms. The Kier molecular flexibility index (Phi) is 7.62. The molecule has 8 heteroatoms. The van der Waals surface area contributed by atoms with Gasteiger partial charge < -0.3 is 18.9 Å². The van der Waals surface area contributed by atoms with Crippen LogP contribution >= 0.6 is 0 Å². The molecule has 0 radical (unpaired) electrons. The second-order valence-electron chi connectivity index (χ2n) is 7.52. The van der Waals surface area contributed by atoms with Crippen molar-refractivity contribution in [1.29, 1.82) is 5.26 Å². The van der Waals surface area contributed by atoms with Crippen molar-refractivity contribution < 1.29 is 27.4 Å². The molecule has 0 unspecified atom stereocenters. The molecule has 2 aromatic rings. The van der Waals surface area contributed by atoms with Gasteiger partial charge >= 0.3 is 0 Å². The third kappa shape index (κ3) is 3.42. The van der Waals surface area contributed by atoms with Crippen LogP contribution in [0, 0.1) is 11.3 Å². The molecule has 0 amide bonds. The van der Waals surface area contributed by atoms with Gasteiger partial charge in [0, 0.05) is 26.4 Å². The molecule has 0 heterocycles. The summed E-state index contributed by atoms with van der Waals surface area (Å²) in [6, 6.07) is 19.0. The lowest BCUT2D eigenvalue weighted by Gasteiger charge is -2.67. The summed E-state index contributed by atoms with van der Waals surface area (Å²) in [5, 5.41) is 10.7. The maximum absolute atomic E-state index is 14.3. The lowest BCUT2D eigenvalue weighted by Crippen LogP contribution is -2.89. The van der Waals surface area contributed by atoms with E-state index in [-0.39, 0.29) is 31.3 Å². The van der Waals surface area contributed by atoms with E-state index in [9.17, 15) is 13.7 Å². The van der Waals surface area contributed by atoms with Crippen LogP contribution < -0.4 is 0 Å². The van der Waals surface area contributed by atoms with Crippen molar-refractivity contribution in [3.8, 4) is 6.07 Å². The summed E-state index contributed by atoms with van der Waals surface area (Å²) in [5.74, 6) is -4.74. The first-order valence-corrected chi connectivity index (χ1v) is 12.7. The molecule has 1 saturated carbocycles. The van der Waals surface area contributed by atoms with E-state index in [1.807, 2.05) is 6.07 Å². The summed E-state index contributed by atoms with van der Waals surface area (Å²) in [7, 11) is -4.34. The van der Waals surface area contributed by atoms with Gasteiger partial charge in [0.15, 0.2) is 0 Å². The van der Waals surface area contributed by atoms with Gasteiger partial charge in [0.1, 0.15) is 0 Å². The minimum absolute atomic E-state index is 0.00198. The zero-order valence-corrected chi connectivity index (χ0v) is 20.3.